The Morgan fingerprint density at radius 2 is 1.77 bits per heavy atom. The fraction of sp³-hybridized carbons (Fsp3) is 0.318. The van der Waals surface area contributed by atoms with Crippen LogP contribution in [0.2, 0.25) is 5.02 Å². The normalized spacial score (nSPS) is 14.0. The van der Waals surface area contributed by atoms with Crippen LogP contribution in [-0.4, -0.2) is 47.4 Å². The molecule has 0 atom stereocenters. The second-order valence-electron chi connectivity index (χ2n) is 7.17. The van der Waals surface area contributed by atoms with E-state index < -0.39 is 5.91 Å². The number of halogens is 1. The average molecular weight is 446 g/mol. The van der Waals surface area contributed by atoms with Gasteiger partial charge in [0.05, 0.1) is 18.6 Å². The predicted molar refractivity (Wildman–Crippen MR) is 115 cm³/mol. The lowest BCUT2D eigenvalue weighted by Crippen LogP contribution is -2.48. The number of likely N-dealkylation sites (tertiary alicyclic amines) is 1. The van der Waals surface area contributed by atoms with Gasteiger partial charge in [0, 0.05) is 24.0 Å². The minimum Gasteiger partial charge on any atom is -0.507 e. The van der Waals surface area contributed by atoms with Gasteiger partial charge in [-0.25, -0.2) is 0 Å². The number of nitrogens with zero attached hydrogens (tertiary/aromatic N) is 1. The number of phenolic OH excluding ortho intramolecular Hbond substituents is 1. The van der Waals surface area contributed by atoms with Gasteiger partial charge in [0.15, 0.2) is 0 Å². The molecule has 1 aliphatic rings. The molecule has 0 radical (unpaired) electrons. The van der Waals surface area contributed by atoms with Crippen molar-refractivity contribution in [1.29, 1.82) is 0 Å². The number of phenols is 1. The van der Waals surface area contributed by atoms with Gasteiger partial charge in [-0.15, -0.1) is 0 Å². The van der Waals surface area contributed by atoms with E-state index in [0.29, 0.717) is 37.6 Å². The number of ether oxygens (including phenoxy) is 1. The lowest BCUT2D eigenvalue weighted by atomic mass is 9.96. The summed E-state index contributed by atoms with van der Waals surface area (Å²) in [6, 6.07) is 13.4. The molecule has 1 fully saturated rings. The van der Waals surface area contributed by atoms with Gasteiger partial charge < -0.3 is 14.7 Å². The van der Waals surface area contributed by atoms with Crippen LogP contribution in [0.1, 0.15) is 29.6 Å². The van der Waals surface area contributed by atoms with Crippen LogP contribution in [0.4, 0.5) is 0 Å². The highest BCUT2D eigenvalue weighted by Crippen LogP contribution is 2.21. The van der Waals surface area contributed by atoms with Crippen molar-refractivity contribution in [3.05, 3.63) is 59.1 Å². The largest absolute Gasteiger partial charge is 0.507 e. The summed E-state index contributed by atoms with van der Waals surface area (Å²) in [5.74, 6) is -0.857. The zero-order valence-corrected chi connectivity index (χ0v) is 17.6. The van der Waals surface area contributed by atoms with Gasteiger partial charge in [0.1, 0.15) is 11.5 Å². The molecule has 0 unspecified atom stereocenters. The van der Waals surface area contributed by atoms with E-state index in [9.17, 15) is 19.5 Å². The molecule has 9 heteroatoms. The second kappa shape index (κ2) is 10.7. The molecule has 1 heterocycles. The number of carbonyl (C=O) groups is 3. The Labute approximate surface area is 185 Å². The molecule has 8 nitrogen and oxygen atoms in total. The summed E-state index contributed by atoms with van der Waals surface area (Å²) in [6.07, 6.45) is 1.26. The summed E-state index contributed by atoms with van der Waals surface area (Å²) in [5, 5.41) is 10.0. The molecular formula is C22H24ClN3O5. The van der Waals surface area contributed by atoms with E-state index in [0.717, 1.165) is 5.75 Å². The first kappa shape index (κ1) is 22.4. The van der Waals surface area contributed by atoms with Gasteiger partial charge in [-0.2, -0.15) is 0 Å². The quantitative estimate of drug-likeness (QED) is 0.592. The number of aromatic hydroxyl groups is 1. The Hall–Kier alpha value is -3.26. The highest BCUT2D eigenvalue weighted by molar-refractivity contribution is 6.31. The SMILES string of the molecule is O=C(NNC(=O)C1CCN(C(=O)CCOc2ccccc2)CC1)c1cc(Cl)ccc1O. The van der Waals surface area contributed by atoms with Crippen LogP contribution in [0.3, 0.4) is 0 Å². The van der Waals surface area contributed by atoms with Crippen LogP contribution < -0.4 is 15.6 Å². The van der Waals surface area contributed by atoms with Crippen molar-refractivity contribution in [3.8, 4) is 11.5 Å². The van der Waals surface area contributed by atoms with Crippen molar-refractivity contribution in [2.45, 2.75) is 19.3 Å². The van der Waals surface area contributed by atoms with E-state index in [1.807, 2.05) is 30.3 Å². The molecule has 3 amide bonds. The number of hydrazine groups is 1. The summed E-state index contributed by atoms with van der Waals surface area (Å²) in [7, 11) is 0. The molecular weight excluding hydrogens is 422 g/mol. The highest BCUT2D eigenvalue weighted by Gasteiger charge is 2.27. The third-order valence-corrected chi connectivity index (χ3v) is 5.28. The number of piperidine rings is 1. The minimum atomic E-state index is -0.667. The van der Waals surface area contributed by atoms with E-state index in [4.69, 9.17) is 16.3 Å². The Morgan fingerprint density at radius 3 is 2.48 bits per heavy atom. The molecule has 3 N–H and O–H groups in total. The number of rotatable bonds is 6. The Morgan fingerprint density at radius 1 is 1.06 bits per heavy atom. The molecule has 0 aromatic heterocycles. The van der Waals surface area contributed by atoms with E-state index in [2.05, 4.69) is 10.9 Å². The summed E-state index contributed by atoms with van der Waals surface area (Å²) in [4.78, 5) is 38.6. The van der Waals surface area contributed by atoms with Crippen molar-refractivity contribution in [2.24, 2.45) is 5.92 Å². The molecule has 3 rings (SSSR count). The fourth-order valence-corrected chi connectivity index (χ4v) is 3.47. The Balaban J connectivity index is 1.38. The maximum absolute atomic E-state index is 12.4. The van der Waals surface area contributed by atoms with Gasteiger partial charge in [-0.1, -0.05) is 29.8 Å². The second-order valence-corrected chi connectivity index (χ2v) is 7.61. The van der Waals surface area contributed by atoms with Gasteiger partial charge in [0.2, 0.25) is 11.8 Å². The van der Waals surface area contributed by atoms with Crippen molar-refractivity contribution >= 4 is 29.3 Å². The zero-order valence-electron chi connectivity index (χ0n) is 16.8. The van der Waals surface area contributed by atoms with Crippen LogP contribution in [0.25, 0.3) is 0 Å². The smallest absolute Gasteiger partial charge is 0.273 e. The van der Waals surface area contributed by atoms with E-state index in [1.165, 1.54) is 18.2 Å². The lowest BCUT2D eigenvalue weighted by Gasteiger charge is -2.31. The zero-order chi connectivity index (χ0) is 22.2. The lowest BCUT2D eigenvalue weighted by molar-refractivity contribution is -0.136. The van der Waals surface area contributed by atoms with Gasteiger partial charge in [0.25, 0.3) is 5.91 Å². The first-order valence-electron chi connectivity index (χ1n) is 9.98. The maximum atomic E-state index is 12.4. The standard InChI is InChI=1S/C22H24ClN3O5/c23-16-6-7-19(27)18(14-16)22(30)25-24-21(29)15-8-11-26(12-9-15)20(28)10-13-31-17-4-2-1-3-5-17/h1-7,14-15,27H,8-13H2,(H,24,29)(H,25,30). The first-order chi connectivity index (χ1) is 14.9. The minimum absolute atomic E-state index is 0.0143. The number of benzene rings is 2. The van der Waals surface area contributed by atoms with Crippen molar-refractivity contribution < 1.29 is 24.2 Å². The van der Waals surface area contributed by atoms with E-state index >= 15 is 0 Å². The molecule has 1 saturated heterocycles. The molecule has 0 bridgehead atoms. The van der Waals surface area contributed by atoms with Crippen LogP contribution >= 0.6 is 11.6 Å². The number of carbonyl (C=O) groups excluding carboxylic acids is 3. The van der Waals surface area contributed by atoms with E-state index in [1.54, 1.807) is 4.90 Å². The van der Waals surface area contributed by atoms with Crippen LogP contribution in [0, 0.1) is 5.92 Å². The number of hydrogen-bond donors (Lipinski definition) is 3. The summed E-state index contributed by atoms with van der Waals surface area (Å²) in [5.41, 5.74) is 4.63. The van der Waals surface area contributed by atoms with Gasteiger partial charge in [-0.3, -0.25) is 25.2 Å². The maximum Gasteiger partial charge on any atom is 0.273 e. The number of hydrogen-bond acceptors (Lipinski definition) is 5. The van der Waals surface area contributed by atoms with Crippen molar-refractivity contribution in [2.75, 3.05) is 19.7 Å². The van der Waals surface area contributed by atoms with E-state index in [-0.39, 0.29) is 35.5 Å². The van der Waals surface area contributed by atoms with Gasteiger partial charge in [-0.05, 0) is 43.2 Å². The number of para-hydroxylation sites is 1. The Bertz CT molecular complexity index is 930. The predicted octanol–water partition coefficient (Wildman–Crippen LogP) is 2.51. The fourth-order valence-electron chi connectivity index (χ4n) is 3.30. The van der Waals surface area contributed by atoms with Crippen LogP contribution in [0.5, 0.6) is 11.5 Å². The molecule has 2 aromatic rings. The van der Waals surface area contributed by atoms with Crippen LogP contribution in [0.15, 0.2) is 48.5 Å². The third kappa shape index (κ3) is 6.36. The molecule has 31 heavy (non-hydrogen) atoms. The molecule has 0 aliphatic carbocycles. The third-order valence-electron chi connectivity index (χ3n) is 5.05. The molecule has 0 saturated carbocycles. The number of amides is 3. The molecule has 0 spiro atoms. The monoisotopic (exact) mass is 445 g/mol. The number of nitrogens with one attached hydrogen (secondary N) is 2. The van der Waals surface area contributed by atoms with Crippen molar-refractivity contribution in [1.82, 2.24) is 15.8 Å². The van der Waals surface area contributed by atoms with Crippen molar-refractivity contribution in [3.63, 3.8) is 0 Å². The molecule has 1 aliphatic heterocycles. The topological polar surface area (TPSA) is 108 Å². The Kier molecular flexibility index (Phi) is 7.72. The highest BCUT2D eigenvalue weighted by atomic mass is 35.5. The van der Waals surface area contributed by atoms with Gasteiger partial charge >= 0.3 is 0 Å². The summed E-state index contributed by atoms with van der Waals surface area (Å²) in [6.45, 7) is 1.22. The van der Waals surface area contributed by atoms with Crippen LogP contribution in [-0.2, 0) is 9.59 Å². The molecule has 2 aromatic carbocycles. The average Bonchev–Trinajstić information content (AvgIpc) is 2.79. The summed E-state index contributed by atoms with van der Waals surface area (Å²) < 4.78 is 5.56. The summed E-state index contributed by atoms with van der Waals surface area (Å²) >= 11 is 5.83. The first-order valence-corrected chi connectivity index (χ1v) is 10.4. The molecule has 164 valence electrons.